The van der Waals surface area contributed by atoms with Gasteiger partial charge in [0.1, 0.15) is 5.75 Å². The highest BCUT2D eigenvalue weighted by molar-refractivity contribution is 5.91. The Bertz CT molecular complexity index is 722. The lowest BCUT2D eigenvalue weighted by atomic mass is 10.1. The van der Waals surface area contributed by atoms with E-state index in [0.717, 1.165) is 5.56 Å². The molecule has 0 fully saturated rings. The second-order valence-electron chi connectivity index (χ2n) is 5.19. The molecule has 2 rings (SSSR count). The van der Waals surface area contributed by atoms with Crippen molar-refractivity contribution in [3.05, 3.63) is 42.0 Å². The first-order valence-corrected chi connectivity index (χ1v) is 7.51. The Kier molecular flexibility index (Phi) is 7.88. The van der Waals surface area contributed by atoms with Crippen molar-refractivity contribution in [2.24, 2.45) is 0 Å². The van der Waals surface area contributed by atoms with Crippen molar-refractivity contribution in [3.8, 4) is 17.2 Å². The summed E-state index contributed by atoms with van der Waals surface area (Å²) in [6.07, 6.45) is 0.944. The highest BCUT2D eigenvalue weighted by atomic mass is 35.5. The molecular formula is C18H23ClN2O4. The average Bonchev–Trinajstić information content (AvgIpc) is 2.59. The first kappa shape index (κ1) is 20.4. The first-order valence-electron chi connectivity index (χ1n) is 7.51. The van der Waals surface area contributed by atoms with E-state index in [0.29, 0.717) is 41.5 Å². The summed E-state index contributed by atoms with van der Waals surface area (Å²) in [6.45, 7) is 0. The lowest BCUT2D eigenvalue weighted by Gasteiger charge is -2.10. The number of hydrogen-bond acceptors (Lipinski definition) is 5. The standard InChI is InChI=1S/C18H22N2O4.ClH/c1-22-15-8-6-13(11-14(15)19)20-18(21)9-5-12-4-7-16(23-2)17(10-12)24-3;/h4,6-8,10-11H,5,9,19H2,1-3H3,(H,20,21);1H. The summed E-state index contributed by atoms with van der Waals surface area (Å²) in [5, 5.41) is 2.83. The maximum atomic E-state index is 12.1. The van der Waals surface area contributed by atoms with Gasteiger partial charge in [-0.1, -0.05) is 6.07 Å². The van der Waals surface area contributed by atoms with Gasteiger partial charge in [0.05, 0.1) is 27.0 Å². The number of nitrogens with two attached hydrogens (primary N) is 1. The van der Waals surface area contributed by atoms with Gasteiger partial charge in [-0.3, -0.25) is 4.79 Å². The zero-order chi connectivity index (χ0) is 17.5. The predicted molar refractivity (Wildman–Crippen MR) is 101 cm³/mol. The van der Waals surface area contributed by atoms with Crippen LogP contribution in [-0.2, 0) is 11.2 Å². The van der Waals surface area contributed by atoms with Crippen molar-refractivity contribution in [2.45, 2.75) is 12.8 Å². The smallest absolute Gasteiger partial charge is 0.224 e. The van der Waals surface area contributed by atoms with Gasteiger partial charge >= 0.3 is 0 Å². The molecule has 6 nitrogen and oxygen atoms in total. The summed E-state index contributed by atoms with van der Waals surface area (Å²) < 4.78 is 15.6. The van der Waals surface area contributed by atoms with Gasteiger partial charge in [0.15, 0.2) is 11.5 Å². The van der Waals surface area contributed by atoms with Crippen LogP contribution in [0.3, 0.4) is 0 Å². The van der Waals surface area contributed by atoms with Crippen LogP contribution in [0.4, 0.5) is 11.4 Å². The Morgan fingerprint density at radius 3 is 2.20 bits per heavy atom. The molecule has 0 atom stereocenters. The molecule has 3 N–H and O–H groups in total. The number of aryl methyl sites for hydroxylation is 1. The fourth-order valence-electron chi connectivity index (χ4n) is 2.33. The normalized spacial score (nSPS) is 9.72. The van der Waals surface area contributed by atoms with Gasteiger partial charge in [-0.15, -0.1) is 12.4 Å². The van der Waals surface area contributed by atoms with Crippen molar-refractivity contribution in [1.29, 1.82) is 0 Å². The number of nitrogens with one attached hydrogen (secondary N) is 1. The molecule has 0 aliphatic rings. The Labute approximate surface area is 153 Å². The fourth-order valence-corrected chi connectivity index (χ4v) is 2.33. The number of benzene rings is 2. The SMILES string of the molecule is COc1ccc(NC(=O)CCc2ccc(OC)c(OC)c2)cc1N.Cl. The zero-order valence-electron chi connectivity index (χ0n) is 14.5. The van der Waals surface area contributed by atoms with Gasteiger partial charge in [0, 0.05) is 12.1 Å². The Balaban J connectivity index is 0.00000312. The number of carbonyl (C=O) groups is 1. The van der Waals surface area contributed by atoms with Crippen LogP contribution in [0.5, 0.6) is 17.2 Å². The minimum atomic E-state index is -0.0886. The van der Waals surface area contributed by atoms with Crippen molar-refractivity contribution < 1.29 is 19.0 Å². The minimum absolute atomic E-state index is 0. The topological polar surface area (TPSA) is 82.8 Å². The maximum Gasteiger partial charge on any atom is 0.224 e. The first-order chi connectivity index (χ1) is 11.6. The van der Waals surface area contributed by atoms with Crippen LogP contribution in [0.1, 0.15) is 12.0 Å². The molecule has 0 radical (unpaired) electrons. The lowest BCUT2D eigenvalue weighted by Crippen LogP contribution is -2.12. The van der Waals surface area contributed by atoms with Crippen LogP contribution < -0.4 is 25.3 Å². The summed E-state index contributed by atoms with van der Waals surface area (Å²) in [5.74, 6) is 1.81. The lowest BCUT2D eigenvalue weighted by molar-refractivity contribution is -0.116. The molecule has 25 heavy (non-hydrogen) atoms. The van der Waals surface area contributed by atoms with Crippen molar-refractivity contribution >= 4 is 29.7 Å². The molecule has 0 aromatic heterocycles. The van der Waals surface area contributed by atoms with E-state index in [4.69, 9.17) is 19.9 Å². The zero-order valence-corrected chi connectivity index (χ0v) is 15.3. The third-order valence-electron chi connectivity index (χ3n) is 3.60. The molecule has 0 heterocycles. The highest BCUT2D eigenvalue weighted by Gasteiger charge is 2.08. The van der Waals surface area contributed by atoms with Crippen molar-refractivity contribution in [3.63, 3.8) is 0 Å². The van der Waals surface area contributed by atoms with Crippen LogP contribution in [-0.4, -0.2) is 27.2 Å². The average molecular weight is 367 g/mol. The number of halogens is 1. The van der Waals surface area contributed by atoms with E-state index in [2.05, 4.69) is 5.32 Å². The van der Waals surface area contributed by atoms with Crippen LogP contribution in [0.15, 0.2) is 36.4 Å². The molecule has 2 aromatic carbocycles. The van der Waals surface area contributed by atoms with E-state index in [1.807, 2.05) is 18.2 Å². The number of anilines is 2. The molecule has 7 heteroatoms. The summed E-state index contributed by atoms with van der Waals surface area (Å²) in [5.41, 5.74) is 7.95. The molecule has 1 amide bonds. The Morgan fingerprint density at radius 1 is 0.960 bits per heavy atom. The van der Waals surface area contributed by atoms with E-state index >= 15 is 0 Å². The second kappa shape index (κ2) is 9.64. The quantitative estimate of drug-likeness (QED) is 0.735. The molecule has 0 unspecified atom stereocenters. The van der Waals surface area contributed by atoms with E-state index in [1.54, 1.807) is 39.5 Å². The van der Waals surface area contributed by atoms with E-state index in [-0.39, 0.29) is 18.3 Å². The number of carbonyl (C=O) groups excluding carboxylic acids is 1. The molecule has 2 aromatic rings. The van der Waals surface area contributed by atoms with Crippen molar-refractivity contribution in [2.75, 3.05) is 32.4 Å². The second-order valence-corrected chi connectivity index (χ2v) is 5.19. The van der Waals surface area contributed by atoms with E-state index in [1.165, 1.54) is 0 Å². The largest absolute Gasteiger partial charge is 0.495 e. The van der Waals surface area contributed by atoms with Crippen molar-refractivity contribution in [1.82, 2.24) is 0 Å². The number of methoxy groups -OCH3 is 3. The van der Waals surface area contributed by atoms with Crippen LogP contribution in [0, 0.1) is 0 Å². The Morgan fingerprint density at radius 2 is 1.60 bits per heavy atom. The molecule has 0 aliphatic heterocycles. The fraction of sp³-hybridized carbons (Fsp3) is 0.278. The molecule has 0 saturated carbocycles. The Hall–Kier alpha value is -2.60. The van der Waals surface area contributed by atoms with Crippen LogP contribution >= 0.6 is 12.4 Å². The third kappa shape index (κ3) is 5.46. The molecule has 136 valence electrons. The number of ether oxygens (including phenoxy) is 3. The van der Waals surface area contributed by atoms with Gasteiger partial charge < -0.3 is 25.3 Å². The van der Waals surface area contributed by atoms with Gasteiger partial charge in [0.2, 0.25) is 5.91 Å². The van der Waals surface area contributed by atoms with E-state index in [9.17, 15) is 4.79 Å². The molecule has 0 bridgehead atoms. The summed E-state index contributed by atoms with van der Waals surface area (Å²) in [4.78, 5) is 12.1. The predicted octanol–water partition coefficient (Wildman–Crippen LogP) is 3.29. The minimum Gasteiger partial charge on any atom is -0.495 e. The number of hydrogen-bond donors (Lipinski definition) is 2. The summed E-state index contributed by atoms with van der Waals surface area (Å²) in [6, 6.07) is 10.8. The number of amides is 1. The van der Waals surface area contributed by atoms with Gasteiger partial charge in [0.25, 0.3) is 0 Å². The van der Waals surface area contributed by atoms with Gasteiger partial charge in [-0.2, -0.15) is 0 Å². The molecular weight excluding hydrogens is 344 g/mol. The maximum absolute atomic E-state index is 12.1. The number of nitrogen functional groups attached to an aromatic ring is 1. The summed E-state index contributed by atoms with van der Waals surface area (Å²) in [7, 11) is 4.72. The van der Waals surface area contributed by atoms with Crippen LogP contribution in [0.2, 0.25) is 0 Å². The molecule has 0 spiro atoms. The van der Waals surface area contributed by atoms with Crippen LogP contribution in [0.25, 0.3) is 0 Å². The van der Waals surface area contributed by atoms with Gasteiger partial charge in [-0.05, 0) is 42.3 Å². The third-order valence-corrected chi connectivity index (χ3v) is 3.60. The summed E-state index contributed by atoms with van der Waals surface area (Å²) >= 11 is 0. The molecule has 0 saturated heterocycles. The number of rotatable bonds is 7. The highest BCUT2D eigenvalue weighted by Crippen LogP contribution is 2.28. The molecule has 0 aliphatic carbocycles. The monoisotopic (exact) mass is 366 g/mol. The van der Waals surface area contributed by atoms with Gasteiger partial charge in [-0.25, -0.2) is 0 Å². The van der Waals surface area contributed by atoms with E-state index < -0.39 is 0 Å².